The summed E-state index contributed by atoms with van der Waals surface area (Å²) in [5.74, 6) is -0.458. The van der Waals surface area contributed by atoms with Crippen molar-refractivity contribution < 1.29 is 14.4 Å². The summed E-state index contributed by atoms with van der Waals surface area (Å²) in [7, 11) is 0. The lowest BCUT2D eigenvalue weighted by atomic mass is 10.1. The third-order valence-electron chi connectivity index (χ3n) is 4.77. The number of amides is 3. The van der Waals surface area contributed by atoms with Crippen molar-refractivity contribution in [2.75, 3.05) is 13.1 Å². The molecule has 2 fully saturated rings. The molecule has 8 nitrogen and oxygen atoms in total. The van der Waals surface area contributed by atoms with Crippen molar-refractivity contribution in [1.29, 1.82) is 0 Å². The summed E-state index contributed by atoms with van der Waals surface area (Å²) < 4.78 is 1.79. The highest BCUT2D eigenvalue weighted by atomic mass is 16.2. The Kier molecular flexibility index (Phi) is 4.16. The molecule has 1 aromatic carbocycles. The van der Waals surface area contributed by atoms with Gasteiger partial charge in [-0.3, -0.25) is 19.1 Å². The molecule has 2 saturated heterocycles. The van der Waals surface area contributed by atoms with E-state index in [1.165, 1.54) is 0 Å². The predicted molar refractivity (Wildman–Crippen MR) is 92.2 cm³/mol. The number of nitrogens with one attached hydrogen (secondary N) is 2. The number of nitrogens with zero attached hydrogens (tertiary/aromatic N) is 3. The van der Waals surface area contributed by atoms with Gasteiger partial charge >= 0.3 is 0 Å². The zero-order chi connectivity index (χ0) is 18.1. The maximum absolute atomic E-state index is 12.6. The SMILES string of the molecule is O=C(N[C@H]1C[C@H]2C(=O)NCC(=O)N2C1)c1cccc(Cn2cccn2)c1. The van der Waals surface area contributed by atoms with E-state index in [2.05, 4.69) is 15.7 Å². The number of carbonyl (C=O) groups is 3. The maximum atomic E-state index is 12.6. The molecule has 2 N–H and O–H groups in total. The minimum atomic E-state index is -0.479. The van der Waals surface area contributed by atoms with Crippen molar-refractivity contribution in [3.63, 3.8) is 0 Å². The molecule has 0 saturated carbocycles. The van der Waals surface area contributed by atoms with Crippen LogP contribution in [0.5, 0.6) is 0 Å². The van der Waals surface area contributed by atoms with Crippen LogP contribution in [0, 0.1) is 0 Å². The average Bonchev–Trinajstić information content (AvgIpc) is 3.29. The van der Waals surface area contributed by atoms with Gasteiger partial charge in [0.25, 0.3) is 5.91 Å². The zero-order valence-corrected chi connectivity index (χ0v) is 14.1. The molecule has 8 heteroatoms. The third kappa shape index (κ3) is 3.17. The summed E-state index contributed by atoms with van der Waals surface area (Å²) >= 11 is 0. The lowest BCUT2D eigenvalue weighted by Gasteiger charge is -2.28. The number of benzene rings is 1. The molecule has 2 aromatic rings. The van der Waals surface area contributed by atoms with Gasteiger partial charge < -0.3 is 15.5 Å². The molecule has 26 heavy (non-hydrogen) atoms. The predicted octanol–water partition coefficient (Wildman–Crippen LogP) is -0.239. The standard InChI is InChI=1S/C18H19N5O3/c24-16-9-19-18(26)15-8-14(11-23(15)16)21-17(25)13-4-1-3-12(7-13)10-22-6-2-5-20-22/h1-7,14-15H,8-11H2,(H,19,26)(H,21,25)/t14-,15-/m0/s1. The normalized spacial score (nSPS) is 22.1. The van der Waals surface area contributed by atoms with E-state index in [-0.39, 0.29) is 30.3 Å². The number of hydrogen-bond acceptors (Lipinski definition) is 4. The Morgan fingerprint density at radius 3 is 2.96 bits per heavy atom. The first kappa shape index (κ1) is 16.3. The molecule has 0 unspecified atom stereocenters. The fourth-order valence-electron chi connectivity index (χ4n) is 3.51. The van der Waals surface area contributed by atoms with Crippen LogP contribution < -0.4 is 10.6 Å². The highest BCUT2D eigenvalue weighted by Gasteiger charge is 2.42. The smallest absolute Gasteiger partial charge is 0.251 e. The minimum absolute atomic E-state index is 0.0332. The van der Waals surface area contributed by atoms with Gasteiger partial charge in [0, 0.05) is 30.5 Å². The van der Waals surface area contributed by atoms with Gasteiger partial charge in [-0.2, -0.15) is 5.10 Å². The van der Waals surface area contributed by atoms with Crippen LogP contribution in [0.4, 0.5) is 0 Å². The minimum Gasteiger partial charge on any atom is -0.347 e. The Balaban J connectivity index is 1.42. The number of rotatable bonds is 4. The molecule has 134 valence electrons. The van der Waals surface area contributed by atoms with Gasteiger partial charge in [0.1, 0.15) is 6.04 Å². The zero-order valence-electron chi connectivity index (χ0n) is 14.1. The number of carbonyl (C=O) groups excluding carboxylic acids is 3. The van der Waals surface area contributed by atoms with E-state index in [1.54, 1.807) is 21.8 Å². The summed E-state index contributed by atoms with van der Waals surface area (Å²) in [6, 6.07) is 8.50. The topological polar surface area (TPSA) is 96.3 Å². The van der Waals surface area contributed by atoms with E-state index in [0.717, 1.165) is 5.56 Å². The molecular weight excluding hydrogens is 334 g/mol. The maximum Gasteiger partial charge on any atom is 0.251 e. The van der Waals surface area contributed by atoms with Crippen LogP contribution in [-0.2, 0) is 16.1 Å². The van der Waals surface area contributed by atoms with Crippen LogP contribution >= 0.6 is 0 Å². The molecule has 3 heterocycles. The molecule has 0 spiro atoms. The summed E-state index contributed by atoms with van der Waals surface area (Å²) in [5, 5.41) is 9.70. The lowest BCUT2D eigenvalue weighted by Crippen LogP contribution is -2.55. The van der Waals surface area contributed by atoms with E-state index in [9.17, 15) is 14.4 Å². The fourth-order valence-corrected chi connectivity index (χ4v) is 3.51. The molecule has 2 atom stereocenters. The van der Waals surface area contributed by atoms with E-state index in [0.29, 0.717) is 25.1 Å². The number of fused-ring (bicyclic) bond motifs is 1. The van der Waals surface area contributed by atoms with Gasteiger partial charge in [-0.05, 0) is 30.2 Å². The molecule has 0 aliphatic carbocycles. The van der Waals surface area contributed by atoms with Gasteiger partial charge in [0.05, 0.1) is 13.1 Å². The molecule has 2 aliphatic rings. The molecule has 0 radical (unpaired) electrons. The Morgan fingerprint density at radius 2 is 2.19 bits per heavy atom. The number of aromatic nitrogens is 2. The van der Waals surface area contributed by atoms with Crippen molar-refractivity contribution in [2.24, 2.45) is 0 Å². The van der Waals surface area contributed by atoms with Crippen molar-refractivity contribution in [3.8, 4) is 0 Å². The van der Waals surface area contributed by atoms with Gasteiger partial charge in [-0.1, -0.05) is 12.1 Å². The Labute approximate surface area is 150 Å². The molecule has 0 bridgehead atoms. The highest BCUT2D eigenvalue weighted by Crippen LogP contribution is 2.21. The average molecular weight is 353 g/mol. The van der Waals surface area contributed by atoms with E-state index in [1.807, 2.05) is 30.5 Å². The Bertz CT molecular complexity index is 824. The second kappa shape index (κ2) is 6.62. The third-order valence-corrected chi connectivity index (χ3v) is 4.77. The summed E-state index contributed by atoms with van der Waals surface area (Å²) in [6.07, 6.45) is 4.02. The first-order valence-corrected chi connectivity index (χ1v) is 8.54. The van der Waals surface area contributed by atoms with Crippen molar-refractivity contribution >= 4 is 17.7 Å². The second-order valence-electron chi connectivity index (χ2n) is 6.59. The van der Waals surface area contributed by atoms with Crippen LogP contribution in [0.25, 0.3) is 0 Å². The number of hydrogen-bond donors (Lipinski definition) is 2. The van der Waals surface area contributed by atoms with Gasteiger partial charge in [-0.25, -0.2) is 0 Å². The van der Waals surface area contributed by atoms with Crippen LogP contribution in [0.1, 0.15) is 22.3 Å². The van der Waals surface area contributed by atoms with E-state index < -0.39 is 6.04 Å². The van der Waals surface area contributed by atoms with Crippen LogP contribution in [-0.4, -0.2) is 57.6 Å². The van der Waals surface area contributed by atoms with Crippen molar-refractivity contribution in [2.45, 2.75) is 25.0 Å². The summed E-state index contributed by atoms with van der Waals surface area (Å²) in [5.41, 5.74) is 1.52. The van der Waals surface area contributed by atoms with Crippen LogP contribution in [0.15, 0.2) is 42.7 Å². The first-order chi connectivity index (χ1) is 12.6. The number of piperazine rings is 1. The van der Waals surface area contributed by atoms with Gasteiger partial charge in [0.2, 0.25) is 11.8 Å². The molecular formula is C18H19N5O3. The molecule has 3 amide bonds. The largest absolute Gasteiger partial charge is 0.347 e. The second-order valence-corrected chi connectivity index (χ2v) is 6.59. The summed E-state index contributed by atoms with van der Waals surface area (Å²) in [4.78, 5) is 37.9. The van der Waals surface area contributed by atoms with Crippen molar-refractivity contribution in [3.05, 3.63) is 53.9 Å². The summed E-state index contributed by atoms with van der Waals surface area (Å²) in [6.45, 7) is 0.989. The van der Waals surface area contributed by atoms with Crippen molar-refractivity contribution in [1.82, 2.24) is 25.3 Å². The molecule has 4 rings (SSSR count). The fraction of sp³-hybridized carbons (Fsp3) is 0.333. The van der Waals surface area contributed by atoms with Crippen LogP contribution in [0.3, 0.4) is 0 Å². The first-order valence-electron chi connectivity index (χ1n) is 8.54. The van der Waals surface area contributed by atoms with E-state index >= 15 is 0 Å². The molecule has 1 aromatic heterocycles. The van der Waals surface area contributed by atoms with Crippen LogP contribution in [0.2, 0.25) is 0 Å². The van der Waals surface area contributed by atoms with Gasteiger partial charge in [0.15, 0.2) is 0 Å². The molecule has 2 aliphatic heterocycles. The monoisotopic (exact) mass is 353 g/mol. The Morgan fingerprint density at radius 1 is 1.31 bits per heavy atom. The lowest BCUT2D eigenvalue weighted by molar-refractivity contribution is -0.143. The quantitative estimate of drug-likeness (QED) is 0.793. The highest BCUT2D eigenvalue weighted by molar-refractivity contribution is 5.97. The Hall–Kier alpha value is -3.16. The van der Waals surface area contributed by atoms with Gasteiger partial charge in [-0.15, -0.1) is 0 Å². The van der Waals surface area contributed by atoms with E-state index in [4.69, 9.17) is 0 Å².